The third-order valence-corrected chi connectivity index (χ3v) is 8.00. The van der Waals surface area contributed by atoms with Gasteiger partial charge in [0.25, 0.3) is 5.91 Å². The summed E-state index contributed by atoms with van der Waals surface area (Å²) in [7, 11) is 0. The minimum atomic E-state index is -0.867. The molecule has 5 rings (SSSR count). The summed E-state index contributed by atoms with van der Waals surface area (Å²) in [4.78, 5) is 37.3. The topological polar surface area (TPSA) is 129 Å². The Bertz CT molecular complexity index is 1280. The number of nitrogens with one attached hydrogen (secondary N) is 2. The predicted octanol–water partition coefficient (Wildman–Crippen LogP) is 4.32. The van der Waals surface area contributed by atoms with E-state index in [1.165, 1.54) is 0 Å². The fourth-order valence-electron chi connectivity index (χ4n) is 5.86. The molecule has 37 heavy (non-hydrogen) atoms. The number of nitrogens with zero attached hydrogens (tertiary/aromatic N) is 1. The summed E-state index contributed by atoms with van der Waals surface area (Å²) in [6.07, 6.45) is 6.61. The van der Waals surface area contributed by atoms with E-state index in [2.05, 4.69) is 16.7 Å². The molecule has 2 saturated carbocycles. The molecule has 8 nitrogen and oxygen atoms in total. The Labute approximate surface area is 216 Å². The molecule has 8 heteroatoms. The van der Waals surface area contributed by atoms with Gasteiger partial charge in [0, 0.05) is 40.6 Å². The van der Waals surface area contributed by atoms with E-state index in [1.54, 1.807) is 24.3 Å². The number of benzene rings is 2. The van der Waals surface area contributed by atoms with E-state index in [-0.39, 0.29) is 35.6 Å². The van der Waals surface area contributed by atoms with Crippen molar-refractivity contribution in [1.29, 1.82) is 5.26 Å². The fraction of sp³-hybridized carbons (Fsp3) is 0.448. The maximum atomic E-state index is 13.4. The molecule has 2 aromatic rings. The third kappa shape index (κ3) is 5.17. The normalized spacial score (nSPS) is 22.0. The van der Waals surface area contributed by atoms with Gasteiger partial charge in [0.15, 0.2) is 0 Å². The number of aryl methyl sites for hydroxylation is 1. The highest BCUT2D eigenvalue weighted by molar-refractivity contribution is 5.98. The Hall–Kier alpha value is -3.86. The Morgan fingerprint density at radius 3 is 2.70 bits per heavy atom. The smallest absolute Gasteiger partial charge is 0.303 e. The van der Waals surface area contributed by atoms with Crippen LogP contribution in [0.4, 0.5) is 5.69 Å². The summed E-state index contributed by atoms with van der Waals surface area (Å²) in [5, 5.41) is 24.5. The molecule has 192 valence electrons. The number of anilines is 1. The number of ether oxygens (including phenoxy) is 1. The zero-order valence-corrected chi connectivity index (χ0v) is 20.7. The molecule has 0 aromatic heterocycles. The highest BCUT2D eigenvalue weighted by atomic mass is 16.5. The van der Waals surface area contributed by atoms with Crippen LogP contribution >= 0.6 is 0 Å². The van der Waals surface area contributed by atoms with Gasteiger partial charge in [-0.3, -0.25) is 14.4 Å². The zero-order valence-electron chi connectivity index (χ0n) is 20.7. The predicted molar refractivity (Wildman–Crippen MR) is 136 cm³/mol. The maximum absolute atomic E-state index is 13.4. The van der Waals surface area contributed by atoms with E-state index >= 15 is 0 Å². The molecule has 2 aliphatic carbocycles. The molecule has 2 fully saturated rings. The first-order valence-electron chi connectivity index (χ1n) is 13.0. The molecular formula is C29H31N3O5. The van der Waals surface area contributed by atoms with Gasteiger partial charge in [0.05, 0.1) is 18.2 Å². The van der Waals surface area contributed by atoms with E-state index in [1.807, 2.05) is 12.1 Å². The Balaban J connectivity index is 1.33. The standard InChI is InChI=1S/C29H31N3O5/c30-17-18-8-9-19(4-3-7-26(33)34)24(14-18)32-28(36)23-16-29(23)12-13-37-25-11-10-20(15-22(25)29)27(35)31-21-5-1-2-6-21/h8-11,14-15,21,23H,1-7,12-13,16H2,(H,31,35)(H,32,36)(H,33,34). The lowest BCUT2D eigenvalue weighted by Gasteiger charge is -2.27. The SMILES string of the molecule is N#Cc1ccc(CCCC(=O)O)c(NC(=O)C2CC23CCOc2ccc(C(=O)NC4CCCC4)cc23)c1. The van der Waals surface area contributed by atoms with Gasteiger partial charge in [0.1, 0.15) is 5.75 Å². The third-order valence-electron chi connectivity index (χ3n) is 8.00. The molecule has 1 heterocycles. The van der Waals surface area contributed by atoms with Crippen molar-refractivity contribution in [3.63, 3.8) is 0 Å². The highest BCUT2D eigenvalue weighted by Gasteiger charge is 2.61. The number of hydrogen-bond donors (Lipinski definition) is 3. The fourth-order valence-corrected chi connectivity index (χ4v) is 5.86. The lowest BCUT2D eigenvalue weighted by atomic mass is 9.86. The summed E-state index contributed by atoms with van der Waals surface area (Å²) in [6.45, 7) is 0.509. The lowest BCUT2D eigenvalue weighted by Crippen LogP contribution is -2.33. The van der Waals surface area contributed by atoms with Gasteiger partial charge in [-0.2, -0.15) is 5.26 Å². The minimum absolute atomic E-state index is 0.0343. The molecular weight excluding hydrogens is 470 g/mol. The Kier molecular flexibility index (Phi) is 6.88. The van der Waals surface area contributed by atoms with E-state index in [0.29, 0.717) is 49.1 Å². The van der Waals surface area contributed by atoms with Crippen molar-refractivity contribution in [3.8, 4) is 11.8 Å². The highest BCUT2D eigenvalue weighted by Crippen LogP contribution is 2.61. The summed E-state index contributed by atoms with van der Waals surface area (Å²) >= 11 is 0. The molecule has 2 amide bonds. The van der Waals surface area contributed by atoms with Crippen LogP contribution in [0.3, 0.4) is 0 Å². The van der Waals surface area contributed by atoms with Crippen molar-refractivity contribution in [2.45, 2.75) is 69.2 Å². The van der Waals surface area contributed by atoms with Gasteiger partial charge in [-0.25, -0.2) is 0 Å². The molecule has 2 aromatic carbocycles. The van der Waals surface area contributed by atoms with Gasteiger partial charge < -0.3 is 20.5 Å². The molecule has 3 N–H and O–H groups in total. The molecule has 0 radical (unpaired) electrons. The number of aliphatic carboxylic acids is 1. The van der Waals surface area contributed by atoms with Crippen LogP contribution in [0.5, 0.6) is 5.75 Å². The van der Waals surface area contributed by atoms with Crippen molar-refractivity contribution < 1.29 is 24.2 Å². The Morgan fingerprint density at radius 1 is 1.14 bits per heavy atom. The number of hydrogen-bond acceptors (Lipinski definition) is 5. The number of carboxylic acid groups (broad SMARTS) is 1. The van der Waals surface area contributed by atoms with Gasteiger partial charge in [-0.15, -0.1) is 0 Å². The van der Waals surface area contributed by atoms with Crippen LogP contribution in [-0.2, 0) is 21.4 Å². The van der Waals surface area contributed by atoms with Gasteiger partial charge in [0.2, 0.25) is 5.91 Å². The molecule has 0 bridgehead atoms. The number of fused-ring (bicyclic) bond motifs is 2. The van der Waals surface area contributed by atoms with Crippen molar-refractivity contribution in [2.24, 2.45) is 5.92 Å². The second kappa shape index (κ2) is 10.3. The first kappa shape index (κ1) is 24.8. The summed E-state index contributed by atoms with van der Waals surface area (Å²) in [6, 6.07) is 12.9. The minimum Gasteiger partial charge on any atom is -0.493 e. The van der Waals surface area contributed by atoms with Crippen LogP contribution < -0.4 is 15.4 Å². The van der Waals surface area contributed by atoms with E-state index in [4.69, 9.17) is 9.84 Å². The van der Waals surface area contributed by atoms with Gasteiger partial charge in [-0.1, -0.05) is 18.9 Å². The second-order valence-corrected chi connectivity index (χ2v) is 10.4. The molecule has 2 atom stereocenters. The number of carbonyl (C=O) groups is 3. The van der Waals surface area contributed by atoms with E-state index in [0.717, 1.165) is 42.6 Å². The molecule has 1 aliphatic heterocycles. The number of amides is 2. The number of nitriles is 1. The number of rotatable bonds is 8. The monoisotopic (exact) mass is 501 g/mol. The first-order valence-corrected chi connectivity index (χ1v) is 13.0. The van der Waals surface area contributed by atoms with Crippen molar-refractivity contribution in [1.82, 2.24) is 5.32 Å². The van der Waals surface area contributed by atoms with Gasteiger partial charge >= 0.3 is 5.97 Å². The number of carboxylic acids is 1. The van der Waals surface area contributed by atoms with E-state index < -0.39 is 5.97 Å². The van der Waals surface area contributed by atoms with Crippen LogP contribution in [0.2, 0.25) is 0 Å². The van der Waals surface area contributed by atoms with Crippen molar-refractivity contribution in [3.05, 3.63) is 58.7 Å². The maximum Gasteiger partial charge on any atom is 0.303 e. The van der Waals surface area contributed by atoms with Crippen LogP contribution in [0.1, 0.15) is 78.4 Å². The lowest BCUT2D eigenvalue weighted by molar-refractivity contribution is -0.137. The van der Waals surface area contributed by atoms with Crippen LogP contribution in [0.25, 0.3) is 0 Å². The molecule has 1 spiro atoms. The summed E-state index contributed by atoms with van der Waals surface area (Å²) in [5.41, 5.74) is 2.90. The average Bonchev–Trinajstić information content (AvgIpc) is 3.37. The summed E-state index contributed by atoms with van der Waals surface area (Å²) in [5.74, 6) is -0.644. The average molecular weight is 502 g/mol. The second-order valence-electron chi connectivity index (χ2n) is 10.4. The first-order chi connectivity index (χ1) is 17.9. The largest absolute Gasteiger partial charge is 0.493 e. The van der Waals surface area contributed by atoms with Crippen LogP contribution in [0.15, 0.2) is 36.4 Å². The summed E-state index contributed by atoms with van der Waals surface area (Å²) < 4.78 is 5.88. The van der Waals surface area contributed by atoms with E-state index in [9.17, 15) is 19.6 Å². The quantitative estimate of drug-likeness (QED) is 0.494. The van der Waals surface area contributed by atoms with Crippen LogP contribution in [0, 0.1) is 17.2 Å². The van der Waals surface area contributed by atoms with Crippen molar-refractivity contribution >= 4 is 23.5 Å². The van der Waals surface area contributed by atoms with Crippen LogP contribution in [-0.4, -0.2) is 35.5 Å². The number of carbonyl (C=O) groups excluding carboxylic acids is 2. The zero-order chi connectivity index (χ0) is 26.0. The molecule has 2 unspecified atom stereocenters. The molecule has 3 aliphatic rings. The van der Waals surface area contributed by atoms with Gasteiger partial charge in [-0.05, 0) is 74.4 Å². The Morgan fingerprint density at radius 2 is 1.95 bits per heavy atom. The van der Waals surface area contributed by atoms with Crippen molar-refractivity contribution in [2.75, 3.05) is 11.9 Å². The molecule has 0 saturated heterocycles.